The van der Waals surface area contributed by atoms with Crippen molar-refractivity contribution in [2.45, 2.75) is 57.8 Å². The fraction of sp³-hybridized carbons (Fsp3) is 0.342. The van der Waals surface area contributed by atoms with Gasteiger partial charge in [-0.1, -0.05) is 80.1 Å². The van der Waals surface area contributed by atoms with Gasteiger partial charge in [-0.2, -0.15) is 0 Å². The number of hydrogen-bond acceptors (Lipinski definition) is 5. The number of aliphatic hydroxyl groups excluding tert-OH is 1. The molecule has 2 N–H and O–H groups in total. The summed E-state index contributed by atoms with van der Waals surface area (Å²) in [6.45, 7) is 4.79. The third-order valence-corrected chi connectivity index (χ3v) is 9.34. The van der Waals surface area contributed by atoms with E-state index in [1.165, 1.54) is 19.3 Å². The van der Waals surface area contributed by atoms with Gasteiger partial charge < -0.3 is 24.8 Å². The highest BCUT2D eigenvalue weighted by molar-refractivity contribution is 5.94. The molecule has 0 aromatic heterocycles. The average molecular weight is 681 g/mol. The molecule has 0 spiro atoms. The number of rotatable bonds is 9. The van der Waals surface area contributed by atoms with Gasteiger partial charge in [-0.05, 0) is 59.8 Å². The molecule has 2 fully saturated rings. The van der Waals surface area contributed by atoms with Crippen LogP contribution in [0.3, 0.4) is 0 Å². The smallest absolute Gasteiger partial charge is 0.257 e. The topological polar surface area (TPSA) is 71.0 Å². The summed E-state index contributed by atoms with van der Waals surface area (Å²) in [6, 6.07) is 22.5. The van der Waals surface area contributed by atoms with Gasteiger partial charge in [0.05, 0.1) is 18.8 Å². The van der Waals surface area contributed by atoms with E-state index in [2.05, 4.69) is 17.1 Å². The number of benzene rings is 4. The molecule has 6 nitrogen and oxygen atoms in total. The normalized spacial score (nSPS) is 21.4. The molecule has 1 amide bonds. The van der Waals surface area contributed by atoms with Crippen molar-refractivity contribution in [3.05, 3.63) is 130 Å². The third-order valence-electron chi connectivity index (χ3n) is 9.34. The van der Waals surface area contributed by atoms with Gasteiger partial charge in [0.2, 0.25) is 5.82 Å². The van der Waals surface area contributed by atoms with Crippen molar-refractivity contribution in [1.29, 1.82) is 0 Å². The molecule has 258 valence electrons. The predicted octanol–water partition coefficient (Wildman–Crippen LogP) is 7.75. The van der Waals surface area contributed by atoms with Gasteiger partial charge in [0, 0.05) is 24.6 Å². The summed E-state index contributed by atoms with van der Waals surface area (Å²) in [4.78, 5) is 14.9. The van der Waals surface area contributed by atoms with Gasteiger partial charge in [0.25, 0.3) is 5.91 Å². The minimum absolute atomic E-state index is 0.0347. The molecule has 4 aromatic rings. The van der Waals surface area contributed by atoms with E-state index in [0.29, 0.717) is 5.56 Å². The molecule has 2 aliphatic rings. The first-order valence-corrected chi connectivity index (χ1v) is 16.4. The average Bonchev–Trinajstić information content (AvgIpc) is 3.14. The molecular formula is C38H37F5N2O4. The Morgan fingerprint density at radius 2 is 1.41 bits per heavy atom. The van der Waals surface area contributed by atoms with E-state index in [1.54, 1.807) is 18.2 Å². The highest BCUT2D eigenvalue weighted by atomic mass is 19.2. The Bertz CT molecular complexity index is 1750. The van der Waals surface area contributed by atoms with Gasteiger partial charge in [-0.15, -0.1) is 0 Å². The van der Waals surface area contributed by atoms with Crippen LogP contribution in [0.2, 0.25) is 0 Å². The van der Waals surface area contributed by atoms with E-state index in [4.69, 9.17) is 9.47 Å². The SMILES string of the molecule is C[C@H]1[C@@H](CN2CCCCC2)O[C@@H](c2ccc(-c3cccc(CNC(=O)c4c(F)c(F)c(F)c(F)c4F)c3)cc2)O[C@H]1c1ccc(CO)cc1. The molecule has 2 heterocycles. The number of piperidine rings is 1. The number of halogens is 5. The molecule has 0 saturated carbocycles. The summed E-state index contributed by atoms with van der Waals surface area (Å²) in [7, 11) is 0. The van der Waals surface area contributed by atoms with E-state index < -0.39 is 46.8 Å². The summed E-state index contributed by atoms with van der Waals surface area (Å²) >= 11 is 0. The standard InChI is InChI=1S/C38H37F5N2O4/c1-22-29(20-45-16-3-2-4-17-45)48-38(49-36(22)26-10-8-23(21-46)9-11-26)27-14-12-25(13-15-27)28-7-5-6-24(18-28)19-44-37(47)30-31(39)33(41)35(43)34(42)32(30)40/h5-15,18,22,29,36,38,46H,2-4,16-17,19-21H2,1H3,(H,44,47)/t22-,29+,36+,38+/m0/s1. The van der Waals surface area contributed by atoms with E-state index in [0.717, 1.165) is 47.5 Å². The Hall–Kier alpha value is -4.16. The van der Waals surface area contributed by atoms with Crippen LogP contribution in [0.5, 0.6) is 0 Å². The summed E-state index contributed by atoms with van der Waals surface area (Å²) in [5, 5.41) is 11.8. The quantitative estimate of drug-likeness (QED) is 0.108. The first-order valence-electron chi connectivity index (χ1n) is 16.4. The first-order chi connectivity index (χ1) is 23.6. The predicted molar refractivity (Wildman–Crippen MR) is 173 cm³/mol. The van der Waals surface area contributed by atoms with Gasteiger partial charge in [-0.25, -0.2) is 22.0 Å². The van der Waals surface area contributed by atoms with Crippen LogP contribution in [0.4, 0.5) is 22.0 Å². The van der Waals surface area contributed by atoms with Crippen molar-refractivity contribution in [3.8, 4) is 11.1 Å². The molecule has 4 aromatic carbocycles. The monoisotopic (exact) mass is 680 g/mol. The maximum absolute atomic E-state index is 14.1. The number of carbonyl (C=O) groups excluding carboxylic acids is 1. The second-order valence-electron chi connectivity index (χ2n) is 12.6. The maximum Gasteiger partial charge on any atom is 0.257 e. The van der Waals surface area contributed by atoms with E-state index in [-0.39, 0.29) is 31.3 Å². The van der Waals surface area contributed by atoms with Crippen LogP contribution in [0.15, 0.2) is 72.8 Å². The van der Waals surface area contributed by atoms with Crippen LogP contribution in [-0.2, 0) is 22.6 Å². The molecule has 6 rings (SSSR count). The van der Waals surface area contributed by atoms with E-state index >= 15 is 0 Å². The fourth-order valence-electron chi connectivity index (χ4n) is 6.49. The zero-order chi connectivity index (χ0) is 34.7. The molecule has 0 unspecified atom stereocenters. The number of hydrogen-bond donors (Lipinski definition) is 2. The third kappa shape index (κ3) is 7.55. The highest BCUT2D eigenvalue weighted by Crippen LogP contribution is 2.42. The summed E-state index contributed by atoms with van der Waals surface area (Å²) in [5.41, 5.74) is 3.30. The Kier molecular flexibility index (Phi) is 10.7. The van der Waals surface area contributed by atoms with Crippen molar-refractivity contribution in [1.82, 2.24) is 10.2 Å². The van der Waals surface area contributed by atoms with Crippen molar-refractivity contribution in [3.63, 3.8) is 0 Å². The molecule has 0 radical (unpaired) electrons. The molecule has 2 aliphatic heterocycles. The van der Waals surface area contributed by atoms with Crippen LogP contribution in [0.25, 0.3) is 11.1 Å². The lowest BCUT2D eigenvalue weighted by molar-refractivity contribution is -0.276. The van der Waals surface area contributed by atoms with Gasteiger partial charge in [0.1, 0.15) is 5.56 Å². The Morgan fingerprint density at radius 1 is 0.776 bits per heavy atom. The summed E-state index contributed by atoms with van der Waals surface area (Å²) < 4.78 is 82.0. The van der Waals surface area contributed by atoms with E-state index in [1.807, 2.05) is 54.6 Å². The van der Waals surface area contributed by atoms with Crippen LogP contribution in [0.1, 0.15) is 71.2 Å². The molecule has 2 saturated heterocycles. The van der Waals surface area contributed by atoms with Gasteiger partial charge in [0.15, 0.2) is 29.6 Å². The number of likely N-dealkylation sites (tertiary alicyclic amines) is 1. The number of aliphatic hydroxyl groups is 1. The number of ether oxygens (including phenoxy) is 2. The minimum atomic E-state index is -2.33. The van der Waals surface area contributed by atoms with Crippen molar-refractivity contribution >= 4 is 5.91 Å². The molecule has 49 heavy (non-hydrogen) atoms. The number of carbonyl (C=O) groups is 1. The maximum atomic E-state index is 14.1. The van der Waals surface area contributed by atoms with Crippen molar-refractivity contribution in [2.75, 3.05) is 19.6 Å². The lowest BCUT2D eigenvalue weighted by Gasteiger charge is -2.43. The number of amides is 1. The largest absolute Gasteiger partial charge is 0.392 e. The zero-order valence-electron chi connectivity index (χ0n) is 26.9. The van der Waals surface area contributed by atoms with Crippen molar-refractivity contribution in [2.24, 2.45) is 5.92 Å². The molecule has 0 bridgehead atoms. The zero-order valence-corrected chi connectivity index (χ0v) is 26.9. The second kappa shape index (κ2) is 15.2. The Labute approximate surface area is 281 Å². The number of nitrogens with zero attached hydrogens (tertiary/aromatic N) is 1. The lowest BCUT2D eigenvalue weighted by Crippen LogP contribution is -2.45. The minimum Gasteiger partial charge on any atom is -0.392 e. The van der Waals surface area contributed by atoms with Gasteiger partial charge >= 0.3 is 0 Å². The van der Waals surface area contributed by atoms with Crippen LogP contribution >= 0.6 is 0 Å². The Morgan fingerprint density at radius 3 is 2.06 bits per heavy atom. The molecular weight excluding hydrogens is 643 g/mol. The van der Waals surface area contributed by atoms with Gasteiger partial charge in [-0.3, -0.25) is 4.79 Å². The Balaban J connectivity index is 1.18. The highest BCUT2D eigenvalue weighted by Gasteiger charge is 2.39. The molecule has 4 atom stereocenters. The summed E-state index contributed by atoms with van der Waals surface area (Å²) in [5.74, 6) is -12.4. The summed E-state index contributed by atoms with van der Waals surface area (Å²) in [6.07, 6.45) is 2.67. The van der Waals surface area contributed by atoms with E-state index in [9.17, 15) is 31.9 Å². The fourth-order valence-corrected chi connectivity index (χ4v) is 6.49. The molecule has 11 heteroatoms. The first kappa shape index (κ1) is 34.7. The van der Waals surface area contributed by atoms with Crippen LogP contribution < -0.4 is 5.32 Å². The lowest BCUT2D eigenvalue weighted by atomic mass is 9.89. The number of nitrogens with one attached hydrogen (secondary N) is 1. The van der Waals surface area contributed by atoms with Crippen LogP contribution in [-0.4, -0.2) is 41.7 Å². The van der Waals surface area contributed by atoms with Crippen LogP contribution in [0, 0.1) is 35.0 Å². The molecule has 0 aliphatic carbocycles. The second-order valence-corrected chi connectivity index (χ2v) is 12.6. The van der Waals surface area contributed by atoms with Crippen molar-refractivity contribution < 1.29 is 41.3 Å².